The van der Waals surface area contributed by atoms with E-state index in [0.29, 0.717) is 13.2 Å². The number of rotatable bonds is 6. The summed E-state index contributed by atoms with van der Waals surface area (Å²) in [5.74, 6) is 2.38. The Morgan fingerprint density at radius 2 is 1.86 bits per heavy atom. The molecule has 4 nitrogen and oxygen atoms in total. The van der Waals surface area contributed by atoms with Gasteiger partial charge in [0, 0.05) is 6.54 Å². The minimum atomic E-state index is -0.351. The topological polar surface area (TPSA) is 54.3 Å². The third-order valence-corrected chi connectivity index (χ3v) is 4.24. The fourth-order valence-corrected chi connectivity index (χ4v) is 2.71. The highest BCUT2D eigenvalue weighted by Crippen LogP contribution is 2.31. The Morgan fingerprint density at radius 1 is 1.24 bits per heavy atom. The molecule has 0 amide bonds. The van der Waals surface area contributed by atoms with E-state index < -0.39 is 0 Å². The first-order valence-electron chi connectivity index (χ1n) is 7.60. The Morgan fingerprint density at radius 3 is 2.43 bits per heavy atom. The van der Waals surface area contributed by atoms with E-state index in [0.717, 1.165) is 43.1 Å². The van der Waals surface area contributed by atoms with Crippen LogP contribution in [0.3, 0.4) is 0 Å². The molecule has 0 spiro atoms. The second-order valence-corrected chi connectivity index (χ2v) is 5.83. The minimum absolute atomic E-state index is 0.351. The summed E-state index contributed by atoms with van der Waals surface area (Å²) in [6.45, 7) is 3.51. The Labute approximate surface area is 127 Å². The van der Waals surface area contributed by atoms with Gasteiger partial charge in [-0.1, -0.05) is 6.92 Å². The maximum atomic E-state index is 9.43. The number of nitrogens with one attached hydrogen (secondary N) is 1. The van der Waals surface area contributed by atoms with Gasteiger partial charge in [0.15, 0.2) is 0 Å². The summed E-state index contributed by atoms with van der Waals surface area (Å²) >= 11 is 0. The van der Waals surface area contributed by atoms with Crippen LogP contribution < -0.4 is 14.8 Å². The van der Waals surface area contributed by atoms with Crippen LogP contribution >= 0.6 is 0 Å². The Hall–Kier alpha value is -1.73. The summed E-state index contributed by atoms with van der Waals surface area (Å²) in [6.07, 6.45) is 4.13. The first-order valence-corrected chi connectivity index (χ1v) is 7.60. The van der Waals surface area contributed by atoms with Crippen molar-refractivity contribution in [2.75, 3.05) is 20.3 Å². The highest BCUT2D eigenvalue weighted by molar-refractivity contribution is 5.31. The van der Waals surface area contributed by atoms with E-state index in [2.05, 4.69) is 18.3 Å². The summed E-state index contributed by atoms with van der Waals surface area (Å²) in [4.78, 5) is 0. The molecule has 114 valence electrons. The highest BCUT2D eigenvalue weighted by Gasteiger charge is 2.33. The largest absolute Gasteiger partial charge is 0.497 e. The molecule has 4 heteroatoms. The fourth-order valence-electron chi connectivity index (χ4n) is 2.71. The molecule has 0 radical (unpaired) electrons. The van der Waals surface area contributed by atoms with Crippen molar-refractivity contribution in [1.29, 1.82) is 5.26 Å². The molecule has 0 aliphatic heterocycles. The minimum Gasteiger partial charge on any atom is -0.497 e. The van der Waals surface area contributed by atoms with Gasteiger partial charge in [0.25, 0.3) is 0 Å². The van der Waals surface area contributed by atoms with Crippen molar-refractivity contribution < 1.29 is 9.47 Å². The van der Waals surface area contributed by atoms with Crippen molar-refractivity contribution in [1.82, 2.24) is 5.32 Å². The third kappa shape index (κ3) is 4.37. The van der Waals surface area contributed by atoms with Gasteiger partial charge in [-0.25, -0.2) is 0 Å². The van der Waals surface area contributed by atoms with E-state index in [1.807, 2.05) is 24.3 Å². The fraction of sp³-hybridized carbons (Fsp3) is 0.588. The zero-order chi connectivity index (χ0) is 15.1. The molecule has 1 N–H and O–H groups in total. The molecule has 21 heavy (non-hydrogen) atoms. The lowest BCUT2D eigenvalue weighted by atomic mass is 9.78. The number of hydrogen-bond donors (Lipinski definition) is 1. The second-order valence-electron chi connectivity index (χ2n) is 5.83. The zero-order valence-electron chi connectivity index (χ0n) is 12.9. The van der Waals surface area contributed by atoms with Crippen LogP contribution in [0.1, 0.15) is 32.6 Å². The molecule has 2 rings (SSSR count). The quantitative estimate of drug-likeness (QED) is 0.817. The lowest BCUT2D eigenvalue weighted by Crippen LogP contribution is -2.48. The number of hydrogen-bond acceptors (Lipinski definition) is 4. The molecule has 0 atom stereocenters. The zero-order valence-corrected chi connectivity index (χ0v) is 12.9. The van der Waals surface area contributed by atoms with E-state index in [-0.39, 0.29) is 5.54 Å². The van der Waals surface area contributed by atoms with Crippen molar-refractivity contribution >= 4 is 0 Å². The molecule has 1 aromatic carbocycles. The summed E-state index contributed by atoms with van der Waals surface area (Å²) < 4.78 is 10.8. The second kappa shape index (κ2) is 7.33. The number of benzene rings is 1. The molecule has 1 saturated carbocycles. The molecule has 0 saturated heterocycles. The summed E-state index contributed by atoms with van der Waals surface area (Å²) in [6, 6.07) is 10.0. The molecule has 1 fully saturated rings. The normalized spacial score (nSPS) is 25.1. The van der Waals surface area contributed by atoms with Crippen molar-refractivity contribution in [3.05, 3.63) is 24.3 Å². The van der Waals surface area contributed by atoms with E-state index in [1.165, 1.54) is 0 Å². The number of methoxy groups -OCH3 is 1. The Balaban J connectivity index is 1.74. The monoisotopic (exact) mass is 288 g/mol. The molecule has 0 unspecified atom stereocenters. The molecule has 0 bridgehead atoms. The van der Waals surface area contributed by atoms with Gasteiger partial charge in [-0.2, -0.15) is 5.26 Å². The lowest BCUT2D eigenvalue weighted by molar-refractivity contribution is 0.228. The number of nitrogens with zero attached hydrogens (tertiary/aromatic N) is 1. The maximum absolute atomic E-state index is 9.43. The summed E-state index contributed by atoms with van der Waals surface area (Å²) in [5, 5.41) is 12.8. The number of ether oxygens (including phenoxy) is 2. The highest BCUT2D eigenvalue weighted by atomic mass is 16.5. The van der Waals surface area contributed by atoms with Gasteiger partial charge in [0.2, 0.25) is 0 Å². The van der Waals surface area contributed by atoms with Crippen molar-refractivity contribution in [2.45, 2.75) is 38.1 Å². The van der Waals surface area contributed by atoms with Gasteiger partial charge < -0.3 is 9.47 Å². The molecule has 0 heterocycles. The summed E-state index contributed by atoms with van der Waals surface area (Å²) in [7, 11) is 1.64. The lowest BCUT2D eigenvalue weighted by Gasteiger charge is -2.34. The first kappa shape index (κ1) is 15.7. The van der Waals surface area contributed by atoms with Gasteiger partial charge in [-0.05, 0) is 55.9 Å². The predicted octanol–water partition coefficient (Wildman–Crippen LogP) is 3.14. The number of nitriles is 1. The van der Waals surface area contributed by atoms with Crippen LogP contribution in [-0.2, 0) is 0 Å². The van der Waals surface area contributed by atoms with E-state index in [4.69, 9.17) is 9.47 Å². The van der Waals surface area contributed by atoms with Crippen molar-refractivity contribution in [3.63, 3.8) is 0 Å². The molecule has 1 aromatic rings. The molecule has 1 aliphatic rings. The van der Waals surface area contributed by atoms with E-state index in [9.17, 15) is 5.26 Å². The van der Waals surface area contributed by atoms with Gasteiger partial charge in [-0.3, -0.25) is 5.32 Å². The van der Waals surface area contributed by atoms with Crippen LogP contribution in [0.15, 0.2) is 24.3 Å². The van der Waals surface area contributed by atoms with Crippen molar-refractivity contribution in [3.8, 4) is 17.6 Å². The summed E-state index contributed by atoms with van der Waals surface area (Å²) in [5.41, 5.74) is -0.351. The van der Waals surface area contributed by atoms with Gasteiger partial charge in [-0.15, -0.1) is 0 Å². The standard InChI is InChI=1S/C17H24N2O2/c1-14-7-9-17(13-18,10-8-14)19-11-12-21-16-5-3-15(20-2)4-6-16/h3-6,14,19H,7-12H2,1-2H3. The van der Waals surface area contributed by atoms with Crippen molar-refractivity contribution in [2.24, 2.45) is 5.92 Å². The van der Waals surface area contributed by atoms with Crippen LogP contribution in [0.5, 0.6) is 11.5 Å². The van der Waals surface area contributed by atoms with Gasteiger partial charge in [0.1, 0.15) is 23.6 Å². The molecule has 1 aliphatic carbocycles. The van der Waals surface area contributed by atoms with E-state index in [1.54, 1.807) is 7.11 Å². The molecule has 0 aromatic heterocycles. The average molecular weight is 288 g/mol. The van der Waals surface area contributed by atoms with E-state index >= 15 is 0 Å². The first-order chi connectivity index (χ1) is 10.2. The molecular formula is C17H24N2O2. The van der Waals surface area contributed by atoms with Gasteiger partial charge in [0.05, 0.1) is 13.2 Å². The molecular weight excluding hydrogens is 264 g/mol. The smallest absolute Gasteiger partial charge is 0.119 e. The average Bonchev–Trinajstić information content (AvgIpc) is 2.54. The Kier molecular flexibility index (Phi) is 5.46. The van der Waals surface area contributed by atoms with Crippen LogP contribution in [0.4, 0.5) is 0 Å². The van der Waals surface area contributed by atoms with Crippen LogP contribution in [0, 0.1) is 17.2 Å². The van der Waals surface area contributed by atoms with Crippen LogP contribution in [0.2, 0.25) is 0 Å². The van der Waals surface area contributed by atoms with Gasteiger partial charge >= 0.3 is 0 Å². The maximum Gasteiger partial charge on any atom is 0.119 e. The van der Waals surface area contributed by atoms with Crippen LogP contribution in [-0.4, -0.2) is 25.8 Å². The SMILES string of the molecule is COc1ccc(OCCNC2(C#N)CCC(C)CC2)cc1. The Bertz CT molecular complexity index is 471. The van der Waals surface area contributed by atoms with Crippen LogP contribution in [0.25, 0.3) is 0 Å². The third-order valence-electron chi connectivity index (χ3n) is 4.24. The predicted molar refractivity (Wildman–Crippen MR) is 82.5 cm³/mol.